The molecular formula is C33H28N4O. The van der Waals surface area contributed by atoms with Crippen LogP contribution in [0.1, 0.15) is 19.4 Å². The molecule has 0 aliphatic carbocycles. The highest BCUT2D eigenvalue weighted by molar-refractivity contribution is 5.96. The molecule has 0 bridgehead atoms. The van der Waals surface area contributed by atoms with Gasteiger partial charge in [0.05, 0.1) is 22.3 Å². The quantitative estimate of drug-likeness (QED) is 0.263. The average molecular weight is 497 g/mol. The number of pyridine rings is 2. The second-order valence-corrected chi connectivity index (χ2v) is 9.93. The first-order valence-corrected chi connectivity index (χ1v) is 12.9. The van der Waals surface area contributed by atoms with Crippen molar-refractivity contribution < 1.29 is 0 Å². The van der Waals surface area contributed by atoms with Crippen LogP contribution in [0.5, 0.6) is 0 Å². The number of aromatic nitrogens is 4. The molecule has 186 valence electrons. The van der Waals surface area contributed by atoms with Crippen LogP contribution >= 0.6 is 0 Å². The van der Waals surface area contributed by atoms with Gasteiger partial charge in [-0.1, -0.05) is 56.3 Å². The zero-order valence-electron chi connectivity index (χ0n) is 21.4. The maximum Gasteiger partial charge on any atom is 0.192 e. The number of nitrogens with zero attached hydrogens (tertiary/aromatic N) is 3. The van der Waals surface area contributed by atoms with Crippen LogP contribution in [0.15, 0.2) is 114 Å². The van der Waals surface area contributed by atoms with Gasteiger partial charge in [-0.25, -0.2) is 4.98 Å². The number of H-pyrrole nitrogens is 1. The molecule has 0 aliphatic heterocycles. The summed E-state index contributed by atoms with van der Waals surface area (Å²) in [5.41, 5.74) is 8.59. The zero-order valence-corrected chi connectivity index (χ0v) is 21.4. The van der Waals surface area contributed by atoms with Crippen LogP contribution in [-0.4, -0.2) is 19.5 Å². The summed E-state index contributed by atoms with van der Waals surface area (Å²) in [6, 6.07) is 30.5. The standard InChI is InChI=1S/C33H28N4O/c1-22(2)17-23-18-24(20-25(19-23)29-12-6-7-15-35-29)27-11-8-13-30-32(27)36-33(28-21-34-16-14-31(28)38)37(30)26-9-4-3-5-10-26/h3-16,18-22H,17H2,1-2H3,(H,34,38). The highest BCUT2D eigenvalue weighted by atomic mass is 16.1. The molecule has 0 unspecified atom stereocenters. The lowest BCUT2D eigenvalue weighted by molar-refractivity contribution is 0.647. The van der Waals surface area contributed by atoms with E-state index in [0.717, 1.165) is 45.5 Å². The molecule has 0 saturated heterocycles. The molecule has 1 N–H and O–H groups in total. The average Bonchev–Trinajstić information content (AvgIpc) is 3.33. The molecule has 3 aromatic heterocycles. The highest BCUT2D eigenvalue weighted by Crippen LogP contribution is 2.36. The molecular weight excluding hydrogens is 468 g/mol. The van der Waals surface area contributed by atoms with Crippen molar-refractivity contribution in [1.29, 1.82) is 0 Å². The molecule has 0 aliphatic rings. The molecule has 3 heterocycles. The van der Waals surface area contributed by atoms with Gasteiger partial charge in [0.25, 0.3) is 0 Å². The summed E-state index contributed by atoms with van der Waals surface area (Å²) in [4.78, 5) is 25.7. The number of fused-ring (bicyclic) bond motifs is 1. The van der Waals surface area contributed by atoms with Crippen molar-refractivity contribution in [1.82, 2.24) is 19.5 Å². The Balaban J connectivity index is 1.63. The van der Waals surface area contributed by atoms with Gasteiger partial charge in [0, 0.05) is 41.5 Å². The molecule has 6 aromatic rings. The second kappa shape index (κ2) is 9.94. The lowest BCUT2D eigenvalue weighted by atomic mass is 9.93. The molecule has 0 fully saturated rings. The summed E-state index contributed by atoms with van der Waals surface area (Å²) < 4.78 is 2.07. The van der Waals surface area contributed by atoms with Crippen molar-refractivity contribution in [2.45, 2.75) is 20.3 Å². The third-order valence-corrected chi connectivity index (χ3v) is 6.67. The summed E-state index contributed by atoms with van der Waals surface area (Å²) >= 11 is 0. The summed E-state index contributed by atoms with van der Waals surface area (Å²) in [5, 5.41) is 0. The molecule has 5 nitrogen and oxygen atoms in total. The summed E-state index contributed by atoms with van der Waals surface area (Å²) in [5.74, 6) is 1.13. The Labute approximate surface area is 221 Å². The minimum absolute atomic E-state index is 0.0749. The second-order valence-electron chi connectivity index (χ2n) is 9.93. The van der Waals surface area contributed by atoms with Gasteiger partial charge < -0.3 is 4.98 Å². The first-order valence-electron chi connectivity index (χ1n) is 12.9. The van der Waals surface area contributed by atoms with Gasteiger partial charge in [-0.15, -0.1) is 0 Å². The van der Waals surface area contributed by atoms with Gasteiger partial charge in [0.1, 0.15) is 0 Å². The monoisotopic (exact) mass is 496 g/mol. The van der Waals surface area contributed by atoms with Gasteiger partial charge in [0.2, 0.25) is 0 Å². The van der Waals surface area contributed by atoms with E-state index in [2.05, 4.69) is 64.8 Å². The third-order valence-electron chi connectivity index (χ3n) is 6.67. The first-order chi connectivity index (χ1) is 18.6. The fourth-order valence-corrected chi connectivity index (χ4v) is 5.06. The Morgan fingerprint density at radius 3 is 2.42 bits per heavy atom. The van der Waals surface area contributed by atoms with E-state index in [1.807, 2.05) is 54.7 Å². The predicted molar refractivity (Wildman–Crippen MR) is 154 cm³/mol. The first kappa shape index (κ1) is 23.6. The highest BCUT2D eigenvalue weighted by Gasteiger charge is 2.19. The van der Waals surface area contributed by atoms with Crippen molar-refractivity contribution >= 4 is 11.0 Å². The summed E-state index contributed by atoms with van der Waals surface area (Å²) in [6.07, 6.45) is 6.17. The zero-order chi connectivity index (χ0) is 26.1. The maximum absolute atomic E-state index is 12.9. The van der Waals surface area contributed by atoms with Crippen molar-refractivity contribution in [3.05, 3.63) is 125 Å². The van der Waals surface area contributed by atoms with E-state index < -0.39 is 0 Å². The molecule has 5 heteroatoms. The van der Waals surface area contributed by atoms with E-state index in [0.29, 0.717) is 17.3 Å². The molecule has 0 spiro atoms. The van der Waals surface area contributed by atoms with Crippen LogP contribution in [-0.2, 0) is 6.42 Å². The van der Waals surface area contributed by atoms with Gasteiger partial charge in [0.15, 0.2) is 11.3 Å². The number of para-hydroxylation sites is 2. The summed E-state index contributed by atoms with van der Waals surface area (Å²) in [7, 11) is 0. The molecule has 6 rings (SSSR count). The number of hydrogen-bond acceptors (Lipinski definition) is 3. The SMILES string of the molecule is CC(C)Cc1cc(-c2ccccn2)cc(-c2cccc3c2nc(-c2c[nH]ccc2=O)n3-c2ccccc2)c1. The number of aromatic amines is 1. The Kier molecular flexibility index (Phi) is 6.18. The Hall–Kier alpha value is -4.77. The van der Waals surface area contributed by atoms with Gasteiger partial charge >= 0.3 is 0 Å². The Bertz CT molecular complexity index is 1780. The molecule has 38 heavy (non-hydrogen) atoms. The minimum atomic E-state index is -0.0749. The van der Waals surface area contributed by atoms with Crippen LogP contribution in [0.2, 0.25) is 0 Å². The number of hydrogen-bond donors (Lipinski definition) is 1. The third kappa shape index (κ3) is 4.43. The molecule has 0 radical (unpaired) electrons. The van der Waals surface area contributed by atoms with Crippen LogP contribution in [0, 0.1) is 5.92 Å². The normalized spacial score (nSPS) is 11.3. The van der Waals surface area contributed by atoms with Crippen molar-refractivity contribution in [3.63, 3.8) is 0 Å². The van der Waals surface area contributed by atoms with Gasteiger partial charge in [-0.3, -0.25) is 14.3 Å². The van der Waals surface area contributed by atoms with Gasteiger partial charge in [-0.2, -0.15) is 0 Å². The van der Waals surface area contributed by atoms with Crippen LogP contribution in [0.25, 0.3) is 50.5 Å². The largest absolute Gasteiger partial charge is 0.367 e. The van der Waals surface area contributed by atoms with E-state index in [1.54, 1.807) is 18.5 Å². The van der Waals surface area contributed by atoms with E-state index in [4.69, 9.17) is 4.98 Å². The smallest absolute Gasteiger partial charge is 0.192 e. The maximum atomic E-state index is 12.9. The number of benzene rings is 3. The summed E-state index contributed by atoms with van der Waals surface area (Å²) in [6.45, 7) is 4.47. The van der Waals surface area contributed by atoms with Crippen LogP contribution in [0.3, 0.4) is 0 Å². The van der Waals surface area contributed by atoms with Gasteiger partial charge in [-0.05, 0) is 65.9 Å². The van der Waals surface area contributed by atoms with Crippen LogP contribution < -0.4 is 5.43 Å². The van der Waals surface area contributed by atoms with Crippen LogP contribution in [0.4, 0.5) is 0 Å². The fraction of sp³-hybridized carbons (Fsp3) is 0.121. The van der Waals surface area contributed by atoms with Crippen molar-refractivity contribution in [3.8, 4) is 39.5 Å². The van der Waals surface area contributed by atoms with E-state index in [9.17, 15) is 4.79 Å². The Morgan fingerprint density at radius 1 is 0.842 bits per heavy atom. The van der Waals surface area contributed by atoms with E-state index in [1.165, 1.54) is 5.56 Å². The van der Waals surface area contributed by atoms with E-state index in [-0.39, 0.29) is 5.43 Å². The lowest BCUT2D eigenvalue weighted by Crippen LogP contribution is -2.07. The minimum Gasteiger partial charge on any atom is -0.367 e. The van der Waals surface area contributed by atoms with E-state index >= 15 is 0 Å². The lowest BCUT2D eigenvalue weighted by Gasteiger charge is -2.13. The molecule has 0 atom stereocenters. The molecule has 0 amide bonds. The molecule has 0 saturated carbocycles. The van der Waals surface area contributed by atoms with Crippen molar-refractivity contribution in [2.24, 2.45) is 5.92 Å². The predicted octanol–water partition coefficient (Wildman–Crippen LogP) is 7.31. The van der Waals surface area contributed by atoms with Crippen molar-refractivity contribution in [2.75, 3.05) is 0 Å². The number of imidazole rings is 1. The number of nitrogens with one attached hydrogen (secondary N) is 1. The number of rotatable bonds is 6. The Morgan fingerprint density at radius 2 is 1.66 bits per heavy atom. The molecule has 3 aromatic carbocycles. The topological polar surface area (TPSA) is 63.6 Å². The fourth-order valence-electron chi connectivity index (χ4n) is 5.06.